The molecular weight excluding hydrogens is 312 g/mol. The lowest BCUT2D eigenvalue weighted by molar-refractivity contribution is -0.149. The van der Waals surface area contributed by atoms with Gasteiger partial charge >= 0.3 is 5.97 Å². The summed E-state index contributed by atoms with van der Waals surface area (Å²) in [7, 11) is 2.87. The summed E-state index contributed by atoms with van der Waals surface area (Å²) in [4.78, 5) is 23.5. The predicted octanol–water partition coefficient (Wildman–Crippen LogP) is 1.65. The zero-order valence-corrected chi connectivity index (χ0v) is 13.9. The minimum Gasteiger partial charge on any atom is -0.497 e. The second-order valence-electron chi connectivity index (χ2n) is 5.63. The molecule has 0 aliphatic heterocycles. The van der Waals surface area contributed by atoms with Crippen molar-refractivity contribution in [3.8, 4) is 5.75 Å². The first-order valence-electron chi connectivity index (χ1n) is 7.72. The van der Waals surface area contributed by atoms with Crippen LogP contribution in [0, 0.1) is 5.92 Å². The number of carbonyl (C=O) groups is 2. The van der Waals surface area contributed by atoms with Crippen LogP contribution in [0.5, 0.6) is 5.75 Å². The van der Waals surface area contributed by atoms with Gasteiger partial charge in [0.2, 0.25) is 0 Å². The normalized spacial score (nSPS) is 22.5. The second-order valence-corrected chi connectivity index (χ2v) is 5.63. The van der Waals surface area contributed by atoms with E-state index in [2.05, 4.69) is 0 Å². The molecule has 0 saturated heterocycles. The fourth-order valence-corrected chi connectivity index (χ4v) is 2.71. The van der Waals surface area contributed by atoms with E-state index in [1.54, 1.807) is 13.2 Å². The van der Waals surface area contributed by atoms with E-state index in [9.17, 15) is 14.7 Å². The Balaban J connectivity index is 1.94. The van der Waals surface area contributed by atoms with Crippen LogP contribution in [-0.4, -0.2) is 43.8 Å². The Hall–Kier alpha value is -2.18. The Bertz CT molecular complexity index is 604. The Labute approximate surface area is 141 Å². The molecule has 1 aliphatic carbocycles. The van der Waals surface area contributed by atoms with Crippen LogP contribution in [0.2, 0.25) is 0 Å². The average molecular weight is 334 g/mol. The number of aliphatic hydroxyl groups is 1. The number of hydrogen-bond donors (Lipinski definition) is 1. The lowest BCUT2D eigenvalue weighted by atomic mass is 9.81. The van der Waals surface area contributed by atoms with Crippen molar-refractivity contribution in [3.05, 3.63) is 41.5 Å². The van der Waals surface area contributed by atoms with Gasteiger partial charge in [-0.3, -0.25) is 9.59 Å². The molecule has 1 aliphatic rings. The van der Waals surface area contributed by atoms with E-state index in [0.29, 0.717) is 12.2 Å². The Morgan fingerprint density at radius 2 is 2.00 bits per heavy atom. The molecule has 0 heterocycles. The van der Waals surface area contributed by atoms with Crippen molar-refractivity contribution in [3.63, 3.8) is 0 Å². The van der Waals surface area contributed by atoms with E-state index >= 15 is 0 Å². The summed E-state index contributed by atoms with van der Waals surface area (Å²) in [6.07, 6.45) is 0.768. The molecular formula is C18H22O6. The van der Waals surface area contributed by atoms with E-state index < -0.39 is 18.0 Å². The van der Waals surface area contributed by atoms with Crippen LogP contribution in [0.15, 0.2) is 35.9 Å². The highest BCUT2D eigenvalue weighted by atomic mass is 16.5. The first-order chi connectivity index (χ1) is 11.5. The molecule has 0 amide bonds. The summed E-state index contributed by atoms with van der Waals surface area (Å²) >= 11 is 0. The van der Waals surface area contributed by atoms with Crippen molar-refractivity contribution in [2.45, 2.75) is 25.6 Å². The summed E-state index contributed by atoms with van der Waals surface area (Å²) in [6, 6.07) is 7.50. The number of carbonyl (C=O) groups excluding carboxylic acids is 2. The molecule has 2 atom stereocenters. The van der Waals surface area contributed by atoms with Crippen molar-refractivity contribution in [2.75, 3.05) is 20.8 Å². The van der Waals surface area contributed by atoms with E-state index in [-0.39, 0.29) is 25.2 Å². The van der Waals surface area contributed by atoms with Crippen LogP contribution >= 0.6 is 0 Å². The van der Waals surface area contributed by atoms with E-state index in [0.717, 1.165) is 11.3 Å². The first kappa shape index (κ1) is 18.2. The number of ether oxygens (including phenoxy) is 3. The summed E-state index contributed by atoms with van der Waals surface area (Å²) in [5.74, 6) is -0.644. The molecule has 1 aromatic carbocycles. The Morgan fingerprint density at radius 1 is 1.29 bits per heavy atom. The molecule has 2 rings (SSSR count). The number of benzene rings is 1. The van der Waals surface area contributed by atoms with Crippen molar-refractivity contribution in [2.24, 2.45) is 5.92 Å². The van der Waals surface area contributed by atoms with Gasteiger partial charge < -0.3 is 19.3 Å². The van der Waals surface area contributed by atoms with Crippen LogP contribution in [-0.2, 0) is 25.7 Å². The summed E-state index contributed by atoms with van der Waals surface area (Å²) in [5.41, 5.74) is 1.54. The maximum absolute atomic E-state index is 11.8. The quantitative estimate of drug-likeness (QED) is 0.484. The maximum atomic E-state index is 11.8. The van der Waals surface area contributed by atoms with Gasteiger partial charge in [0.15, 0.2) is 0 Å². The largest absolute Gasteiger partial charge is 0.497 e. The Morgan fingerprint density at radius 3 is 2.62 bits per heavy atom. The van der Waals surface area contributed by atoms with Crippen molar-refractivity contribution in [1.82, 2.24) is 0 Å². The molecule has 1 fully saturated rings. The third-order valence-corrected chi connectivity index (χ3v) is 3.97. The molecule has 0 radical (unpaired) electrons. The lowest BCUT2D eigenvalue weighted by Gasteiger charge is -2.27. The fourth-order valence-electron chi connectivity index (χ4n) is 2.71. The number of esters is 1. The smallest absolute Gasteiger partial charge is 0.315 e. The Kier molecular flexibility index (Phi) is 6.52. The van der Waals surface area contributed by atoms with Gasteiger partial charge in [-0.1, -0.05) is 18.2 Å². The van der Waals surface area contributed by atoms with Crippen LogP contribution in [0.25, 0.3) is 0 Å². The SMILES string of the molecule is COC(=O)[C@H]1/C(=C\COCc2ccc(OC)cc2)CC(=O)C[C@@H]1O. The molecule has 0 aromatic heterocycles. The number of methoxy groups -OCH3 is 2. The third-order valence-electron chi connectivity index (χ3n) is 3.97. The molecule has 1 saturated carbocycles. The summed E-state index contributed by atoms with van der Waals surface area (Å²) in [6.45, 7) is 0.641. The van der Waals surface area contributed by atoms with Crippen LogP contribution in [0.3, 0.4) is 0 Å². The van der Waals surface area contributed by atoms with E-state index in [1.165, 1.54) is 7.11 Å². The van der Waals surface area contributed by atoms with E-state index in [1.807, 2.05) is 24.3 Å². The first-order valence-corrected chi connectivity index (χ1v) is 7.72. The highest BCUT2D eigenvalue weighted by Gasteiger charge is 2.37. The zero-order valence-electron chi connectivity index (χ0n) is 13.9. The van der Waals surface area contributed by atoms with Gasteiger partial charge in [0.05, 0.1) is 33.5 Å². The number of hydrogen-bond acceptors (Lipinski definition) is 6. The van der Waals surface area contributed by atoms with Gasteiger partial charge in [-0.15, -0.1) is 0 Å². The zero-order chi connectivity index (χ0) is 17.5. The molecule has 6 heteroatoms. The molecule has 1 N–H and O–H groups in total. The molecule has 1 aromatic rings. The van der Waals surface area contributed by atoms with Gasteiger partial charge in [-0.2, -0.15) is 0 Å². The third kappa shape index (κ3) is 4.66. The highest BCUT2D eigenvalue weighted by molar-refractivity contribution is 5.88. The topological polar surface area (TPSA) is 82.1 Å². The monoisotopic (exact) mass is 334 g/mol. The molecule has 130 valence electrons. The molecule has 24 heavy (non-hydrogen) atoms. The minimum absolute atomic E-state index is 0.0240. The summed E-state index contributed by atoms with van der Waals surface area (Å²) < 4.78 is 15.4. The van der Waals surface area contributed by atoms with Gasteiger partial charge in [0.1, 0.15) is 17.5 Å². The lowest BCUT2D eigenvalue weighted by Crippen LogP contribution is -2.37. The minimum atomic E-state index is -1.04. The van der Waals surface area contributed by atoms with Crippen LogP contribution < -0.4 is 4.74 Å². The van der Waals surface area contributed by atoms with Crippen molar-refractivity contribution in [1.29, 1.82) is 0 Å². The number of rotatable bonds is 6. The van der Waals surface area contributed by atoms with Crippen molar-refractivity contribution < 1.29 is 28.9 Å². The van der Waals surface area contributed by atoms with Gasteiger partial charge in [0, 0.05) is 12.8 Å². The van der Waals surface area contributed by atoms with Gasteiger partial charge in [-0.25, -0.2) is 0 Å². The molecule has 6 nitrogen and oxygen atoms in total. The number of ketones is 1. The predicted molar refractivity (Wildman–Crippen MR) is 86.5 cm³/mol. The number of Topliss-reactive ketones (excluding diaryl/α,β-unsaturated/α-hetero) is 1. The fraction of sp³-hybridized carbons (Fsp3) is 0.444. The van der Waals surface area contributed by atoms with Crippen LogP contribution in [0.4, 0.5) is 0 Å². The number of aliphatic hydroxyl groups excluding tert-OH is 1. The molecule has 0 bridgehead atoms. The van der Waals surface area contributed by atoms with Crippen LogP contribution in [0.1, 0.15) is 18.4 Å². The highest BCUT2D eigenvalue weighted by Crippen LogP contribution is 2.29. The maximum Gasteiger partial charge on any atom is 0.315 e. The average Bonchev–Trinajstić information content (AvgIpc) is 2.58. The van der Waals surface area contributed by atoms with Gasteiger partial charge in [-0.05, 0) is 23.3 Å². The van der Waals surface area contributed by atoms with Crippen molar-refractivity contribution >= 4 is 11.8 Å². The summed E-state index contributed by atoms with van der Waals surface area (Å²) in [5, 5.41) is 9.98. The van der Waals surface area contributed by atoms with Gasteiger partial charge in [0.25, 0.3) is 0 Å². The standard InChI is InChI=1S/C18H22O6/c1-22-15-5-3-12(4-6-15)11-24-8-7-13-9-14(19)10-16(20)17(13)18(21)23-2/h3-7,16-17,20H,8-11H2,1-2H3/b13-7-/t16-,17-/m0/s1. The molecule has 0 spiro atoms. The van der Waals surface area contributed by atoms with E-state index in [4.69, 9.17) is 14.2 Å². The molecule has 0 unspecified atom stereocenters. The second kappa shape index (κ2) is 8.61.